The standard InChI is InChI=1S/C30H30ClFN4O3S/c1-20(22-5-3-7-24(32)16-22)15-30(37)36(19-29-33-13-14-35(29)2)25-11-9-21-10-12-28(27(21)18-25)34-40(38,39)26-8-4-6-23(31)17-26/h3-9,11,13-14,16-18,20,28,34H,10,12,15,19H2,1-2H3/t20-,28-/m0/s1. The topological polar surface area (TPSA) is 84.3 Å². The molecule has 1 N–H and O–H groups in total. The Morgan fingerprint density at radius 3 is 2.70 bits per heavy atom. The third kappa shape index (κ3) is 6.11. The van der Waals surface area contributed by atoms with Crippen molar-refractivity contribution in [1.29, 1.82) is 0 Å². The molecule has 208 valence electrons. The highest BCUT2D eigenvalue weighted by atomic mass is 35.5. The molecule has 4 aromatic rings. The molecule has 7 nitrogen and oxygen atoms in total. The van der Waals surface area contributed by atoms with Gasteiger partial charge in [0.15, 0.2) is 0 Å². The number of nitrogens with zero attached hydrogens (tertiary/aromatic N) is 3. The quantitative estimate of drug-likeness (QED) is 0.267. The zero-order valence-electron chi connectivity index (χ0n) is 22.2. The first-order chi connectivity index (χ1) is 19.1. The van der Waals surface area contributed by atoms with Crippen LogP contribution in [0.1, 0.15) is 54.2 Å². The fraction of sp³-hybridized carbons (Fsp3) is 0.267. The van der Waals surface area contributed by atoms with Gasteiger partial charge in [0.2, 0.25) is 15.9 Å². The SMILES string of the molecule is C[C@@H](CC(=O)N(Cc1nccn1C)c1ccc2c(c1)[C@@H](NS(=O)(=O)c1cccc(Cl)c1)CC2)c1cccc(F)c1. The number of sulfonamides is 1. The van der Waals surface area contributed by atoms with E-state index < -0.39 is 16.1 Å². The molecule has 0 fully saturated rings. The number of hydrogen-bond acceptors (Lipinski definition) is 4. The van der Waals surface area contributed by atoms with Crippen LogP contribution in [0.3, 0.4) is 0 Å². The summed E-state index contributed by atoms with van der Waals surface area (Å²) in [7, 11) is -1.95. The third-order valence-corrected chi connectivity index (χ3v) is 9.05. The van der Waals surface area contributed by atoms with Crippen molar-refractivity contribution in [3.63, 3.8) is 0 Å². The van der Waals surface area contributed by atoms with Crippen molar-refractivity contribution in [1.82, 2.24) is 14.3 Å². The molecule has 0 unspecified atom stereocenters. The number of rotatable bonds is 9. The minimum absolute atomic E-state index is 0.0996. The number of fused-ring (bicyclic) bond motifs is 1. The Morgan fingerprint density at radius 1 is 1.18 bits per heavy atom. The molecule has 0 aliphatic heterocycles. The van der Waals surface area contributed by atoms with E-state index in [2.05, 4.69) is 9.71 Å². The van der Waals surface area contributed by atoms with Gasteiger partial charge in [-0.3, -0.25) is 4.79 Å². The molecular weight excluding hydrogens is 551 g/mol. The van der Waals surface area contributed by atoms with E-state index in [9.17, 15) is 17.6 Å². The van der Waals surface area contributed by atoms with Gasteiger partial charge < -0.3 is 9.47 Å². The van der Waals surface area contributed by atoms with Crippen molar-refractivity contribution in [3.05, 3.63) is 112 Å². The molecule has 1 aromatic heterocycles. The number of halogens is 2. The number of benzene rings is 3. The molecule has 40 heavy (non-hydrogen) atoms. The maximum absolute atomic E-state index is 13.8. The van der Waals surface area contributed by atoms with Crippen LogP contribution in [0, 0.1) is 5.82 Å². The number of hydrogen-bond donors (Lipinski definition) is 1. The molecule has 0 saturated carbocycles. The van der Waals surface area contributed by atoms with E-state index in [1.807, 2.05) is 49.0 Å². The second-order valence-electron chi connectivity index (χ2n) is 10.1. The van der Waals surface area contributed by atoms with Crippen molar-refractivity contribution in [2.75, 3.05) is 4.90 Å². The highest BCUT2D eigenvalue weighted by molar-refractivity contribution is 7.89. The lowest BCUT2D eigenvalue weighted by atomic mass is 9.96. The lowest BCUT2D eigenvalue weighted by Gasteiger charge is -2.26. The van der Waals surface area contributed by atoms with Crippen molar-refractivity contribution in [2.24, 2.45) is 7.05 Å². The Balaban J connectivity index is 1.44. The van der Waals surface area contributed by atoms with Crippen LogP contribution >= 0.6 is 11.6 Å². The van der Waals surface area contributed by atoms with Gasteiger partial charge in [-0.15, -0.1) is 0 Å². The van der Waals surface area contributed by atoms with Crippen LogP contribution in [0.5, 0.6) is 0 Å². The molecule has 1 aliphatic rings. The normalized spacial score (nSPS) is 15.6. The lowest BCUT2D eigenvalue weighted by Crippen LogP contribution is -2.32. The molecule has 5 rings (SSSR count). The van der Waals surface area contributed by atoms with Gasteiger partial charge >= 0.3 is 0 Å². The van der Waals surface area contributed by atoms with E-state index in [0.717, 1.165) is 16.7 Å². The van der Waals surface area contributed by atoms with Crippen LogP contribution < -0.4 is 9.62 Å². The highest BCUT2D eigenvalue weighted by Crippen LogP contribution is 2.36. The number of anilines is 1. The first kappa shape index (κ1) is 28.0. The first-order valence-electron chi connectivity index (χ1n) is 13.0. The average Bonchev–Trinajstić information content (AvgIpc) is 3.51. The summed E-state index contributed by atoms with van der Waals surface area (Å²) in [6, 6.07) is 17.7. The van der Waals surface area contributed by atoms with Gasteiger partial charge in [-0.05, 0) is 77.9 Å². The van der Waals surface area contributed by atoms with Crippen molar-refractivity contribution < 1.29 is 17.6 Å². The van der Waals surface area contributed by atoms with Crippen LogP contribution in [0.25, 0.3) is 0 Å². The number of imidazole rings is 1. The fourth-order valence-electron chi connectivity index (χ4n) is 5.09. The summed E-state index contributed by atoms with van der Waals surface area (Å²) in [5.41, 5.74) is 3.25. The van der Waals surface area contributed by atoms with Crippen LogP contribution in [-0.4, -0.2) is 23.9 Å². The van der Waals surface area contributed by atoms with E-state index in [4.69, 9.17) is 11.6 Å². The van der Waals surface area contributed by atoms with Gasteiger partial charge in [-0.1, -0.05) is 42.8 Å². The molecule has 0 bridgehead atoms. The molecular formula is C30H30ClFN4O3S. The van der Waals surface area contributed by atoms with Gasteiger partial charge in [0, 0.05) is 42.6 Å². The number of aromatic nitrogens is 2. The van der Waals surface area contributed by atoms with E-state index in [1.54, 1.807) is 29.3 Å². The summed E-state index contributed by atoms with van der Waals surface area (Å²) >= 11 is 6.03. The van der Waals surface area contributed by atoms with Crippen molar-refractivity contribution >= 4 is 33.2 Å². The van der Waals surface area contributed by atoms with Crippen molar-refractivity contribution in [3.8, 4) is 0 Å². The highest BCUT2D eigenvalue weighted by Gasteiger charge is 2.30. The van der Waals surface area contributed by atoms with Gasteiger partial charge in [-0.2, -0.15) is 0 Å². The Labute approximate surface area is 238 Å². The Kier molecular flexibility index (Phi) is 8.07. The molecule has 0 spiro atoms. The monoisotopic (exact) mass is 580 g/mol. The summed E-state index contributed by atoms with van der Waals surface area (Å²) in [5, 5.41) is 0.341. The molecule has 10 heteroatoms. The molecule has 1 aliphatic carbocycles. The fourth-order valence-corrected chi connectivity index (χ4v) is 6.64. The Hall–Kier alpha value is -3.53. The first-order valence-corrected chi connectivity index (χ1v) is 14.9. The molecule has 1 heterocycles. The van der Waals surface area contributed by atoms with Crippen LogP contribution in [0.4, 0.5) is 10.1 Å². The summed E-state index contributed by atoms with van der Waals surface area (Å²) in [6.07, 6.45) is 4.97. The third-order valence-electron chi connectivity index (χ3n) is 7.34. The number of aryl methyl sites for hydroxylation is 2. The zero-order chi connectivity index (χ0) is 28.4. The molecule has 3 aromatic carbocycles. The number of carbonyl (C=O) groups is 1. The second kappa shape index (κ2) is 11.5. The zero-order valence-corrected chi connectivity index (χ0v) is 23.8. The maximum atomic E-state index is 13.8. The van der Waals surface area contributed by atoms with Gasteiger partial charge in [0.1, 0.15) is 11.6 Å². The van der Waals surface area contributed by atoms with Crippen molar-refractivity contribution in [2.45, 2.75) is 49.6 Å². The van der Waals surface area contributed by atoms with E-state index in [0.29, 0.717) is 29.4 Å². The minimum Gasteiger partial charge on any atom is -0.337 e. The maximum Gasteiger partial charge on any atom is 0.241 e. The Bertz CT molecular complexity index is 1660. The molecule has 0 saturated heterocycles. The number of carbonyl (C=O) groups excluding carboxylic acids is 1. The lowest BCUT2D eigenvalue weighted by molar-refractivity contribution is -0.119. The summed E-state index contributed by atoms with van der Waals surface area (Å²) in [6.45, 7) is 2.13. The van der Waals surface area contributed by atoms with Gasteiger partial charge in [0.05, 0.1) is 11.4 Å². The van der Waals surface area contributed by atoms with Crippen LogP contribution in [0.15, 0.2) is 84.0 Å². The molecule has 0 radical (unpaired) electrons. The molecule has 1 amide bonds. The smallest absolute Gasteiger partial charge is 0.241 e. The van der Waals surface area contributed by atoms with E-state index >= 15 is 0 Å². The largest absolute Gasteiger partial charge is 0.337 e. The predicted octanol–water partition coefficient (Wildman–Crippen LogP) is 5.91. The van der Waals surface area contributed by atoms with Crippen LogP contribution in [0.2, 0.25) is 5.02 Å². The minimum atomic E-state index is -3.81. The van der Waals surface area contributed by atoms with Gasteiger partial charge in [0.25, 0.3) is 0 Å². The summed E-state index contributed by atoms with van der Waals surface area (Å²) in [4.78, 5) is 19.9. The summed E-state index contributed by atoms with van der Waals surface area (Å²) in [5.74, 6) is 0.00421. The predicted molar refractivity (Wildman–Crippen MR) is 153 cm³/mol. The van der Waals surface area contributed by atoms with Crippen LogP contribution in [-0.2, 0) is 34.8 Å². The van der Waals surface area contributed by atoms with E-state index in [1.165, 1.54) is 24.3 Å². The number of nitrogens with one attached hydrogen (secondary N) is 1. The Morgan fingerprint density at radius 2 is 1.98 bits per heavy atom. The summed E-state index contributed by atoms with van der Waals surface area (Å²) < 4.78 is 44.8. The molecule has 2 atom stereocenters. The van der Waals surface area contributed by atoms with Gasteiger partial charge in [-0.25, -0.2) is 22.5 Å². The second-order valence-corrected chi connectivity index (χ2v) is 12.3. The average molecular weight is 581 g/mol. The number of amides is 1. The van der Waals surface area contributed by atoms with E-state index in [-0.39, 0.29) is 35.5 Å².